The lowest BCUT2D eigenvalue weighted by molar-refractivity contribution is 0.627. The molecule has 1 rings (SSSR count). The maximum atomic E-state index is 3.26. The van der Waals surface area contributed by atoms with Crippen LogP contribution in [0.15, 0.2) is 23.9 Å². The van der Waals surface area contributed by atoms with Gasteiger partial charge in [0.15, 0.2) is 0 Å². The molecule has 1 aliphatic heterocycles. The fourth-order valence-corrected chi connectivity index (χ4v) is 0.964. The summed E-state index contributed by atoms with van der Waals surface area (Å²) in [6, 6.07) is 0. The molecule has 1 saturated heterocycles. The van der Waals surface area contributed by atoms with Crippen molar-refractivity contribution in [2.24, 2.45) is 0 Å². The predicted molar refractivity (Wildman–Crippen MR) is 44.8 cm³/mol. The molecule has 1 heteroatoms. The fraction of sp³-hybridized carbons (Fsp3) is 0.556. The minimum Gasteiger partial charge on any atom is -0.388 e. The zero-order valence-corrected chi connectivity index (χ0v) is 6.56. The molecule has 0 radical (unpaired) electrons. The Morgan fingerprint density at radius 1 is 1.50 bits per heavy atom. The van der Waals surface area contributed by atoms with Gasteiger partial charge in [0, 0.05) is 18.7 Å². The monoisotopic (exact) mass is 137 g/mol. The zero-order chi connectivity index (χ0) is 7.23. The fourth-order valence-electron chi connectivity index (χ4n) is 0.964. The van der Waals surface area contributed by atoms with Crippen molar-refractivity contribution in [3.63, 3.8) is 0 Å². The molecule has 1 N–H and O–H groups in total. The number of unbranched alkanes of at least 4 members (excludes halogenated alkanes) is 1. The van der Waals surface area contributed by atoms with Gasteiger partial charge in [0.2, 0.25) is 0 Å². The van der Waals surface area contributed by atoms with E-state index in [9.17, 15) is 0 Å². The van der Waals surface area contributed by atoms with E-state index in [1.165, 1.54) is 31.5 Å². The maximum absolute atomic E-state index is 3.26. The van der Waals surface area contributed by atoms with Gasteiger partial charge in [-0.25, -0.2) is 0 Å². The third-order valence-electron chi connectivity index (χ3n) is 1.71. The van der Waals surface area contributed by atoms with Crippen molar-refractivity contribution in [1.82, 2.24) is 5.32 Å². The molecule has 0 saturated carbocycles. The summed E-state index contributed by atoms with van der Waals surface area (Å²) in [5, 5.41) is 3.26. The summed E-state index contributed by atoms with van der Waals surface area (Å²) >= 11 is 0. The summed E-state index contributed by atoms with van der Waals surface area (Å²) < 4.78 is 0. The first-order valence-corrected chi connectivity index (χ1v) is 3.97. The maximum Gasteiger partial charge on any atom is 0.0198 e. The molecule has 1 nitrogen and oxygen atoms in total. The standard InChI is InChI=1S/C9H15N/c1-2-3-4-5-6-9-7-8-10-9/h2-3,6,10H,4-5,7-8H2,1H3/b3-2-,9-6-. The van der Waals surface area contributed by atoms with Crippen molar-refractivity contribution < 1.29 is 0 Å². The Morgan fingerprint density at radius 2 is 2.30 bits per heavy atom. The van der Waals surface area contributed by atoms with Crippen molar-refractivity contribution in [3.8, 4) is 0 Å². The van der Waals surface area contributed by atoms with Crippen LogP contribution in [0.2, 0.25) is 0 Å². The summed E-state index contributed by atoms with van der Waals surface area (Å²) in [4.78, 5) is 0. The molecule has 0 amide bonds. The Kier molecular flexibility index (Phi) is 3.07. The van der Waals surface area contributed by atoms with Gasteiger partial charge in [-0.1, -0.05) is 18.2 Å². The van der Waals surface area contributed by atoms with E-state index in [4.69, 9.17) is 0 Å². The van der Waals surface area contributed by atoms with Crippen molar-refractivity contribution in [2.45, 2.75) is 26.2 Å². The first-order valence-electron chi connectivity index (χ1n) is 3.97. The Hall–Kier alpha value is -0.720. The van der Waals surface area contributed by atoms with Crippen LogP contribution in [0, 0.1) is 0 Å². The minimum absolute atomic E-state index is 1.18. The molecule has 0 aromatic heterocycles. The highest BCUT2D eigenvalue weighted by Crippen LogP contribution is 2.07. The molecule has 0 unspecified atom stereocenters. The average Bonchev–Trinajstić information content (AvgIpc) is 1.84. The topological polar surface area (TPSA) is 12.0 Å². The number of hydrogen-bond acceptors (Lipinski definition) is 1. The van der Waals surface area contributed by atoms with E-state index in [1.54, 1.807) is 0 Å². The van der Waals surface area contributed by atoms with Crippen molar-refractivity contribution in [1.29, 1.82) is 0 Å². The van der Waals surface area contributed by atoms with Gasteiger partial charge in [0.1, 0.15) is 0 Å². The Labute approximate surface area is 62.8 Å². The van der Waals surface area contributed by atoms with Crippen LogP contribution in [0.25, 0.3) is 0 Å². The second-order valence-corrected chi connectivity index (χ2v) is 2.55. The van der Waals surface area contributed by atoms with Crippen LogP contribution < -0.4 is 5.32 Å². The summed E-state index contributed by atoms with van der Waals surface area (Å²) in [6.07, 6.45) is 10.2. The smallest absolute Gasteiger partial charge is 0.0198 e. The summed E-state index contributed by atoms with van der Waals surface area (Å²) in [5.74, 6) is 0. The molecule has 1 aliphatic rings. The average molecular weight is 137 g/mol. The summed E-state index contributed by atoms with van der Waals surface area (Å²) in [5.41, 5.74) is 1.43. The van der Waals surface area contributed by atoms with Gasteiger partial charge in [-0.2, -0.15) is 0 Å². The van der Waals surface area contributed by atoms with Gasteiger partial charge < -0.3 is 5.32 Å². The quantitative estimate of drug-likeness (QED) is 0.464. The number of nitrogens with one attached hydrogen (secondary N) is 1. The highest BCUT2D eigenvalue weighted by atomic mass is 14.9. The molecule has 1 heterocycles. The van der Waals surface area contributed by atoms with Crippen LogP contribution in [0.5, 0.6) is 0 Å². The number of hydrogen-bond donors (Lipinski definition) is 1. The summed E-state index contributed by atoms with van der Waals surface area (Å²) in [7, 11) is 0. The Bertz CT molecular complexity index is 139. The molecule has 56 valence electrons. The SMILES string of the molecule is C/C=C\CC/C=C1/CCN1. The second kappa shape index (κ2) is 4.15. The molecule has 0 spiro atoms. The third-order valence-corrected chi connectivity index (χ3v) is 1.71. The highest BCUT2D eigenvalue weighted by molar-refractivity contribution is 5.07. The van der Waals surface area contributed by atoms with E-state index in [1.807, 2.05) is 0 Å². The van der Waals surface area contributed by atoms with Gasteiger partial charge in [-0.3, -0.25) is 0 Å². The predicted octanol–water partition coefficient (Wildman–Crippen LogP) is 2.22. The molecule has 10 heavy (non-hydrogen) atoms. The van der Waals surface area contributed by atoms with Crippen LogP contribution in [0.1, 0.15) is 26.2 Å². The molecule has 0 atom stereocenters. The van der Waals surface area contributed by atoms with Crippen LogP contribution in [0.4, 0.5) is 0 Å². The number of rotatable bonds is 3. The Morgan fingerprint density at radius 3 is 2.80 bits per heavy atom. The highest BCUT2D eigenvalue weighted by Gasteiger charge is 2.03. The van der Waals surface area contributed by atoms with E-state index in [0.29, 0.717) is 0 Å². The van der Waals surface area contributed by atoms with Gasteiger partial charge in [-0.15, -0.1) is 0 Å². The lowest BCUT2D eigenvalue weighted by Gasteiger charge is -2.19. The second-order valence-electron chi connectivity index (χ2n) is 2.55. The zero-order valence-electron chi connectivity index (χ0n) is 6.56. The van der Waals surface area contributed by atoms with Crippen LogP contribution in [-0.4, -0.2) is 6.54 Å². The molecule has 0 aromatic carbocycles. The normalized spacial score (nSPS) is 21.1. The van der Waals surface area contributed by atoms with Gasteiger partial charge in [0.05, 0.1) is 0 Å². The van der Waals surface area contributed by atoms with Crippen LogP contribution in [-0.2, 0) is 0 Å². The molecular formula is C9H15N. The molecule has 0 aromatic rings. The number of allylic oxidation sites excluding steroid dienone is 3. The van der Waals surface area contributed by atoms with E-state index < -0.39 is 0 Å². The van der Waals surface area contributed by atoms with Gasteiger partial charge in [-0.05, 0) is 19.8 Å². The van der Waals surface area contributed by atoms with Crippen LogP contribution in [0.3, 0.4) is 0 Å². The van der Waals surface area contributed by atoms with Crippen LogP contribution >= 0.6 is 0 Å². The van der Waals surface area contributed by atoms with Gasteiger partial charge >= 0.3 is 0 Å². The van der Waals surface area contributed by atoms with Gasteiger partial charge in [0.25, 0.3) is 0 Å². The van der Waals surface area contributed by atoms with E-state index in [0.717, 1.165) is 0 Å². The summed E-state index contributed by atoms with van der Waals surface area (Å²) in [6.45, 7) is 3.24. The van der Waals surface area contributed by atoms with Crippen molar-refractivity contribution >= 4 is 0 Å². The lowest BCUT2D eigenvalue weighted by atomic mass is 10.1. The van der Waals surface area contributed by atoms with E-state index in [2.05, 4.69) is 30.5 Å². The molecule has 0 aliphatic carbocycles. The molecular weight excluding hydrogens is 122 g/mol. The first kappa shape index (κ1) is 7.39. The lowest BCUT2D eigenvalue weighted by Crippen LogP contribution is -2.27. The minimum atomic E-state index is 1.18. The van der Waals surface area contributed by atoms with Crippen molar-refractivity contribution in [3.05, 3.63) is 23.9 Å². The third kappa shape index (κ3) is 2.26. The molecule has 1 fully saturated rings. The van der Waals surface area contributed by atoms with E-state index in [-0.39, 0.29) is 0 Å². The Balaban J connectivity index is 2.03. The van der Waals surface area contributed by atoms with E-state index >= 15 is 0 Å². The van der Waals surface area contributed by atoms with Crippen molar-refractivity contribution in [2.75, 3.05) is 6.54 Å². The molecule has 0 bridgehead atoms. The first-order chi connectivity index (χ1) is 4.93. The largest absolute Gasteiger partial charge is 0.388 e.